The topological polar surface area (TPSA) is 51.5 Å². The summed E-state index contributed by atoms with van der Waals surface area (Å²) in [5.74, 6) is 0.184. The van der Waals surface area contributed by atoms with Crippen molar-refractivity contribution in [2.24, 2.45) is 0 Å². The lowest BCUT2D eigenvalue weighted by Gasteiger charge is -2.15. The van der Waals surface area contributed by atoms with Crippen LogP contribution in [0.15, 0.2) is 36.0 Å². The molecule has 3 heterocycles. The van der Waals surface area contributed by atoms with Crippen molar-refractivity contribution in [2.45, 2.75) is 65.1 Å². The Hall–Kier alpha value is -2.68. The van der Waals surface area contributed by atoms with Crippen LogP contribution in [0.5, 0.6) is 5.75 Å². The predicted molar refractivity (Wildman–Crippen MR) is 125 cm³/mol. The van der Waals surface area contributed by atoms with E-state index in [0.29, 0.717) is 5.92 Å². The summed E-state index contributed by atoms with van der Waals surface area (Å²) in [5.41, 5.74) is 6.74. The molecule has 1 aromatic carbocycles. The lowest BCUT2D eigenvalue weighted by molar-refractivity contribution is -0.274. The number of aromatic nitrogens is 3. The number of halogens is 3. The number of hydrogen-bond acceptors (Lipinski definition) is 5. The van der Waals surface area contributed by atoms with Crippen LogP contribution in [0.25, 0.3) is 10.6 Å². The van der Waals surface area contributed by atoms with E-state index in [2.05, 4.69) is 30.0 Å². The molecule has 1 aliphatic heterocycles. The first-order valence-corrected chi connectivity index (χ1v) is 11.9. The van der Waals surface area contributed by atoms with Crippen molar-refractivity contribution >= 4 is 22.3 Å². The first-order valence-electron chi connectivity index (χ1n) is 11.0. The van der Waals surface area contributed by atoms with E-state index in [1.807, 2.05) is 25.3 Å². The monoisotopic (exact) mass is 476 g/mol. The van der Waals surface area contributed by atoms with E-state index in [4.69, 9.17) is 10.1 Å². The zero-order valence-corrected chi connectivity index (χ0v) is 20.1. The van der Waals surface area contributed by atoms with Crippen LogP contribution >= 0.6 is 11.8 Å². The fraction of sp³-hybridized carbons (Fsp3) is 0.417. The summed E-state index contributed by atoms with van der Waals surface area (Å²) in [5, 5.41) is 8.11. The quantitative estimate of drug-likeness (QED) is 0.421. The molecule has 1 unspecified atom stereocenters. The van der Waals surface area contributed by atoms with E-state index in [9.17, 15) is 13.2 Å². The average Bonchev–Trinajstić information content (AvgIpc) is 3.27. The Labute approximate surface area is 195 Å². The zero-order chi connectivity index (χ0) is 23.9. The number of aryl methyl sites for hydroxylation is 2. The standard InChI is InChI=1S/C24H27F3N4OS/c1-6-16(7-2)19-12-13(3)30-31-20(14(4)28-22(19)31)21-15(5)29-23(33-21)17-8-10-18(11-9-17)32-24(25,26)27/h8-12,16,23,29H,6-7H2,1-5H3. The number of thioether (sulfide) groups is 1. The third kappa shape index (κ3) is 4.69. The van der Waals surface area contributed by atoms with Crippen molar-refractivity contribution in [2.75, 3.05) is 0 Å². The van der Waals surface area contributed by atoms with E-state index in [1.165, 1.54) is 17.7 Å². The summed E-state index contributed by atoms with van der Waals surface area (Å²) in [6.45, 7) is 10.4. The molecule has 0 bridgehead atoms. The van der Waals surface area contributed by atoms with Gasteiger partial charge in [-0.15, -0.1) is 13.2 Å². The van der Waals surface area contributed by atoms with Crippen molar-refractivity contribution in [3.63, 3.8) is 0 Å². The third-order valence-corrected chi connectivity index (χ3v) is 7.25. The van der Waals surface area contributed by atoms with Crippen LogP contribution in [0.1, 0.15) is 73.1 Å². The van der Waals surface area contributed by atoms with Gasteiger partial charge in [-0.1, -0.05) is 37.7 Å². The summed E-state index contributed by atoms with van der Waals surface area (Å²) in [4.78, 5) is 5.93. The number of alkyl halides is 3. The van der Waals surface area contributed by atoms with Crippen molar-refractivity contribution < 1.29 is 17.9 Å². The molecule has 0 saturated carbocycles. The molecule has 0 amide bonds. The van der Waals surface area contributed by atoms with Crippen LogP contribution < -0.4 is 10.1 Å². The van der Waals surface area contributed by atoms with Crippen molar-refractivity contribution in [3.8, 4) is 5.75 Å². The van der Waals surface area contributed by atoms with Gasteiger partial charge in [0.2, 0.25) is 0 Å². The minimum absolute atomic E-state index is 0.131. The van der Waals surface area contributed by atoms with Gasteiger partial charge in [-0.25, -0.2) is 9.50 Å². The number of imidazole rings is 1. The van der Waals surface area contributed by atoms with Gasteiger partial charge < -0.3 is 10.1 Å². The molecule has 0 aliphatic carbocycles. The molecular formula is C24H27F3N4OS. The molecule has 5 nitrogen and oxygen atoms in total. The second-order valence-electron chi connectivity index (χ2n) is 8.25. The molecule has 0 spiro atoms. The molecule has 4 rings (SSSR count). The van der Waals surface area contributed by atoms with E-state index in [-0.39, 0.29) is 11.1 Å². The van der Waals surface area contributed by atoms with Crippen LogP contribution in [0.2, 0.25) is 0 Å². The molecule has 0 radical (unpaired) electrons. The number of benzene rings is 1. The third-order valence-electron chi connectivity index (χ3n) is 5.89. The maximum Gasteiger partial charge on any atom is 0.573 e. The Balaban J connectivity index is 1.67. The second kappa shape index (κ2) is 8.93. The lowest BCUT2D eigenvalue weighted by Crippen LogP contribution is -2.17. The molecular weight excluding hydrogens is 449 g/mol. The van der Waals surface area contributed by atoms with Gasteiger partial charge in [-0.2, -0.15) is 5.10 Å². The van der Waals surface area contributed by atoms with Crippen molar-refractivity contribution in [3.05, 3.63) is 64.2 Å². The lowest BCUT2D eigenvalue weighted by atomic mass is 9.95. The fourth-order valence-corrected chi connectivity index (χ4v) is 5.64. The minimum Gasteiger partial charge on any atom is -0.406 e. The Morgan fingerprint density at radius 2 is 1.79 bits per heavy atom. The first kappa shape index (κ1) is 23.5. The highest BCUT2D eigenvalue weighted by atomic mass is 32.2. The highest BCUT2D eigenvalue weighted by molar-refractivity contribution is 8.08. The van der Waals surface area contributed by atoms with Gasteiger partial charge in [-0.3, -0.25) is 0 Å². The van der Waals surface area contributed by atoms with E-state index in [0.717, 1.165) is 51.7 Å². The normalized spacial score (nSPS) is 16.7. The number of allylic oxidation sites excluding steroid dienone is 1. The van der Waals surface area contributed by atoms with E-state index < -0.39 is 6.36 Å². The average molecular weight is 477 g/mol. The number of hydrogen-bond donors (Lipinski definition) is 1. The van der Waals surface area contributed by atoms with Gasteiger partial charge in [0, 0.05) is 11.3 Å². The largest absolute Gasteiger partial charge is 0.573 e. The fourth-order valence-electron chi connectivity index (χ4n) is 4.30. The minimum atomic E-state index is -4.70. The smallest absolute Gasteiger partial charge is 0.406 e. The van der Waals surface area contributed by atoms with Gasteiger partial charge in [0.1, 0.15) is 16.8 Å². The van der Waals surface area contributed by atoms with E-state index in [1.54, 1.807) is 23.9 Å². The van der Waals surface area contributed by atoms with Crippen LogP contribution in [0, 0.1) is 13.8 Å². The summed E-state index contributed by atoms with van der Waals surface area (Å²) in [7, 11) is 0. The van der Waals surface area contributed by atoms with Crippen molar-refractivity contribution in [1.82, 2.24) is 19.9 Å². The number of nitrogens with zero attached hydrogens (tertiary/aromatic N) is 3. The second-order valence-corrected chi connectivity index (χ2v) is 9.36. The van der Waals surface area contributed by atoms with Crippen LogP contribution in [0.4, 0.5) is 13.2 Å². The molecule has 1 N–H and O–H groups in total. The van der Waals surface area contributed by atoms with Crippen LogP contribution in [-0.4, -0.2) is 21.0 Å². The van der Waals surface area contributed by atoms with Gasteiger partial charge >= 0.3 is 6.36 Å². The molecule has 3 aromatic rings. The first-order chi connectivity index (χ1) is 15.6. The molecule has 176 valence electrons. The Morgan fingerprint density at radius 3 is 2.39 bits per heavy atom. The maximum absolute atomic E-state index is 12.5. The Kier molecular flexibility index (Phi) is 6.35. The van der Waals surface area contributed by atoms with Crippen molar-refractivity contribution in [1.29, 1.82) is 0 Å². The number of fused-ring (bicyclic) bond motifs is 1. The van der Waals surface area contributed by atoms with Gasteiger partial charge in [0.15, 0.2) is 5.65 Å². The molecule has 0 saturated heterocycles. The Bertz CT molecular complexity index is 1200. The highest BCUT2D eigenvalue weighted by Crippen LogP contribution is 2.47. The summed E-state index contributed by atoms with van der Waals surface area (Å²) in [6.07, 6.45) is -2.64. The molecule has 1 atom stereocenters. The van der Waals surface area contributed by atoms with Gasteiger partial charge in [0.05, 0.1) is 16.3 Å². The molecule has 9 heteroatoms. The predicted octanol–water partition coefficient (Wildman–Crippen LogP) is 6.87. The summed E-state index contributed by atoms with van der Waals surface area (Å²) < 4.78 is 43.3. The number of nitrogens with one attached hydrogen (secondary N) is 1. The van der Waals surface area contributed by atoms with Gasteiger partial charge in [0.25, 0.3) is 0 Å². The highest BCUT2D eigenvalue weighted by Gasteiger charge is 2.32. The maximum atomic E-state index is 12.5. The van der Waals surface area contributed by atoms with Crippen LogP contribution in [0.3, 0.4) is 0 Å². The zero-order valence-electron chi connectivity index (χ0n) is 19.2. The van der Waals surface area contributed by atoms with E-state index >= 15 is 0 Å². The number of ether oxygens (including phenoxy) is 1. The molecule has 1 aliphatic rings. The number of rotatable bonds is 6. The van der Waals surface area contributed by atoms with Crippen LogP contribution in [-0.2, 0) is 0 Å². The Morgan fingerprint density at radius 1 is 1.12 bits per heavy atom. The van der Waals surface area contributed by atoms with Gasteiger partial charge in [-0.05, 0) is 63.3 Å². The summed E-state index contributed by atoms with van der Waals surface area (Å²) in [6, 6.07) is 8.11. The molecule has 33 heavy (non-hydrogen) atoms. The SMILES string of the molecule is CCC(CC)c1cc(C)nn2c(C3=C(C)NC(c4ccc(OC(F)(F)F)cc4)S3)c(C)nc12. The molecule has 0 fully saturated rings. The molecule has 2 aromatic heterocycles. The summed E-state index contributed by atoms with van der Waals surface area (Å²) >= 11 is 1.61.